The van der Waals surface area contributed by atoms with Crippen LogP contribution < -0.4 is 19.3 Å². The maximum Gasteiger partial charge on any atom is 0.343 e. The van der Waals surface area contributed by atoms with Crippen LogP contribution in [-0.4, -0.2) is 55.7 Å². The van der Waals surface area contributed by atoms with Crippen LogP contribution in [0.25, 0.3) is 0 Å². The number of carbonyl (C=O) groups is 3. The molecule has 8 nitrogen and oxygen atoms in total. The van der Waals surface area contributed by atoms with E-state index in [-0.39, 0.29) is 6.67 Å². The van der Waals surface area contributed by atoms with E-state index < -0.39 is 17.8 Å². The van der Waals surface area contributed by atoms with Gasteiger partial charge in [-0.25, -0.2) is 14.6 Å². The van der Waals surface area contributed by atoms with E-state index in [1.54, 1.807) is 18.2 Å². The fraction of sp³-hybridized carbons (Fsp3) is 0.591. The predicted octanol–water partition coefficient (Wildman–Crippen LogP) is 1.83. The maximum atomic E-state index is 13.0. The van der Waals surface area contributed by atoms with E-state index in [0.717, 1.165) is 53.5 Å². The Morgan fingerprint density at radius 1 is 0.967 bits per heavy atom. The first-order chi connectivity index (χ1) is 14.5. The van der Waals surface area contributed by atoms with Crippen molar-refractivity contribution in [3.8, 4) is 11.5 Å². The van der Waals surface area contributed by atoms with E-state index in [1.807, 2.05) is 13.8 Å². The van der Waals surface area contributed by atoms with Crippen LogP contribution in [0, 0.1) is 5.92 Å². The summed E-state index contributed by atoms with van der Waals surface area (Å²) in [5.74, 6) is 0.0851. The van der Waals surface area contributed by atoms with Gasteiger partial charge in [0.25, 0.3) is 0 Å². The number of urea groups is 1. The quantitative estimate of drug-likeness (QED) is 0.489. The van der Waals surface area contributed by atoms with Crippen molar-refractivity contribution in [1.29, 1.82) is 0 Å². The molecule has 2 saturated heterocycles. The zero-order chi connectivity index (χ0) is 21.7. The fourth-order valence-corrected chi connectivity index (χ4v) is 3.72. The lowest BCUT2D eigenvalue weighted by molar-refractivity contribution is -0.913. The second kappa shape index (κ2) is 9.93. The second-order valence-electron chi connectivity index (χ2n) is 8.07. The molecule has 1 aromatic rings. The van der Waals surface area contributed by atoms with E-state index in [9.17, 15) is 14.4 Å². The number of nitrogens with zero attached hydrogens (tertiary/aromatic N) is 2. The molecular formula is C22H32N3O5+. The van der Waals surface area contributed by atoms with Gasteiger partial charge in [-0.3, -0.25) is 9.59 Å². The number of amides is 4. The molecule has 1 aromatic carbocycles. The van der Waals surface area contributed by atoms with Crippen molar-refractivity contribution in [3.63, 3.8) is 0 Å². The van der Waals surface area contributed by atoms with Gasteiger partial charge in [0.2, 0.25) is 0 Å². The lowest BCUT2D eigenvalue weighted by atomic mass is 10.00. The molecule has 0 bridgehead atoms. The van der Waals surface area contributed by atoms with Gasteiger partial charge in [0.05, 0.1) is 32.0 Å². The number of benzene rings is 1. The molecular weight excluding hydrogens is 386 g/mol. The number of carbonyl (C=O) groups excluding carboxylic acids is 3. The van der Waals surface area contributed by atoms with Crippen LogP contribution in [0.1, 0.15) is 46.5 Å². The number of quaternary nitrogens is 1. The summed E-state index contributed by atoms with van der Waals surface area (Å²) < 4.78 is 11.5. The molecule has 3 rings (SSSR count). The van der Waals surface area contributed by atoms with Crippen LogP contribution in [0.5, 0.6) is 11.5 Å². The first-order valence-electron chi connectivity index (χ1n) is 10.9. The van der Waals surface area contributed by atoms with Gasteiger partial charge in [-0.05, 0) is 43.7 Å². The number of anilines is 1. The smallest absolute Gasteiger partial charge is 0.343 e. The van der Waals surface area contributed by atoms with Gasteiger partial charge in [-0.2, -0.15) is 0 Å². The van der Waals surface area contributed by atoms with E-state index in [1.165, 1.54) is 0 Å². The molecule has 30 heavy (non-hydrogen) atoms. The van der Waals surface area contributed by atoms with Gasteiger partial charge in [0.15, 0.2) is 18.2 Å². The number of ether oxygens (including phenoxy) is 2. The number of rotatable bonds is 9. The molecule has 0 spiro atoms. The Balaban J connectivity index is 1.79. The molecule has 4 amide bonds. The number of imide groups is 2. The highest BCUT2D eigenvalue weighted by Crippen LogP contribution is 2.34. The van der Waals surface area contributed by atoms with Crippen LogP contribution >= 0.6 is 0 Å². The average molecular weight is 419 g/mol. The van der Waals surface area contributed by atoms with Crippen molar-refractivity contribution in [1.82, 2.24) is 4.90 Å². The van der Waals surface area contributed by atoms with Crippen LogP contribution in [0.4, 0.5) is 10.5 Å². The minimum atomic E-state index is -0.826. The lowest BCUT2D eigenvalue weighted by Gasteiger charge is -2.29. The van der Waals surface area contributed by atoms with Crippen molar-refractivity contribution in [2.45, 2.75) is 46.5 Å². The SMILES string of the molecule is CCCOc1ccc(N2C(=O)C(=O)N(C[NH+]3CCC(C)CC3)C2=O)cc1OCCC. The highest BCUT2D eigenvalue weighted by molar-refractivity contribution is 6.52. The Morgan fingerprint density at radius 2 is 1.60 bits per heavy atom. The summed E-state index contributed by atoms with van der Waals surface area (Å²) >= 11 is 0. The monoisotopic (exact) mass is 418 g/mol. The van der Waals surface area contributed by atoms with E-state index >= 15 is 0 Å². The first kappa shape index (κ1) is 22.1. The standard InChI is InChI=1S/C22H31N3O5/c1-4-12-29-18-7-6-17(14-19(18)30-13-5-2)25-21(27)20(26)24(22(25)28)15-23-10-8-16(3)9-11-23/h6-7,14,16H,4-5,8-13,15H2,1-3H3/p+1. The summed E-state index contributed by atoms with van der Waals surface area (Å²) in [7, 11) is 0. The van der Waals surface area contributed by atoms with Crippen molar-refractivity contribution in [2.75, 3.05) is 37.9 Å². The molecule has 164 valence electrons. The molecule has 0 aromatic heterocycles. The fourth-order valence-electron chi connectivity index (χ4n) is 3.72. The Labute approximate surface area is 177 Å². The Bertz CT molecular complexity index is 789. The summed E-state index contributed by atoms with van der Waals surface area (Å²) in [6.45, 7) is 9.24. The number of hydrogen-bond acceptors (Lipinski definition) is 5. The number of likely N-dealkylation sites (tertiary alicyclic amines) is 1. The average Bonchev–Trinajstić information content (AvgIpc) is 2.95. The zero-order valence-corrected chi connectivity index (χ0v) is 18.1. The van der Waals surface area contributed by atoms with E-state index in [2.05, 4.69) is 6.92 Å². The molecule has 2 aliphatic heterocycles. The maximum absolute atomic E-state index is 13.0. The molecule has 2 aliphatic rings. The minimum absolute atomic E-state index is 0.226. The molecule has 0 atom stereocenters. The highest BCUT2D eigenvalue weighted by atomic mass is 16.5. The van der Waals surface area contributed by atoms with Crippen molar-refractivity contribution in [3.05, 3.63) is 18.2 Å². The van der Waals surface area contributed by atoms with Crippen LogP contribution in [0.3, 0.4) is 0 Å². The second-order valence-corrected chi connectivity index (χ2v) is 8.07. The Hall–Kier alpha value is -2.61. The van der Waals surface area contributed by atoms with Crippen molar-refractivity contribution >= 4 is 23.5 Å². The minimum Gasteiger partial charge on any atom is -0.490 e. The number of hydrogen-bond donors (Lipinski definition) is 1. The van der Waals surface area contributed by atoms with Crippen molar-refractivity contribution in [2.24, 2.45) is 5.92 Å². The van der Waals surface area contributed by atoms with Gasteiger partial charge in [-0.15, -0.1) is 0 Å². The van der Waals surface area contributed by atoms with Gasteiger partial charge in [0.1, 0.15) is 0 Å². The van der Waals surface area contributed by atoms with Gasteiger partial charge < -0.3 is 14.4 Å². The molecule has 1 N–H and O–H groups in total. The van der Waals surface area contributed by atoms with Crippen molar-refractivity contribution < 1.29 is 28.8 Å². The van der Waals surface area contributed by atoms with Gasteiger partial charge in [0, 0.05) is 6.07 Å². The largest absolute Gasteiger partial charge is 0.490 e. The summed E-state index contributed by atoms with van der Waals surface area (Å²) in [6, 6.07) is 4.30. The Kier molecular flexibility index (Phi) is 7.31. The van der Waals surface area contributed by atoms with E-state index in [0.29, 0.717) is 36.3 Å². The van der Waals surface area contributed by atoms with Crippen LogP contribution in [-0.2, 0) is 9.59 Å². The Morgan fingerprint density at radius 3 is 2.23 bits per heavy atom. The number of piperidine rings is 1. The molecule has 2 heterocycles. The normalized spacial score (nSPS) is 22.0. The van der Waals surface area contributed by atoms with Gasteiger partial charge in [-0.1, -0.05) is 20.8 Å². The summed E-state index contributed by atoms with van der Waals surface area (Å²) in [6.07, 6.45) is 3.77. The summed E-state index contributed by atoms with van der Waals surface area (Å²) in [5.41, 5.74) is 0.318. The van der Waals surface area contributed by atoms with Crippen LogP contribution in [0.2, 0.25) is 0 Å². The highest BCUT2D eigenvalue weighted by Gasteiger charge is 2.47. The summed E-state index contributed by atoms with van der Waals surface area (Å²) in [5, 5.41) is 0. The third-order valence-electron chi connectivity index (χ3n) is 5.53. The lowest BCUT2D eigenvalue weighted by Crippen LogP contribution is -3.14. The molecule has 0 radical (unpaired) electrons. The van der Waals surface area contributed by atoms with Gasteiger partial charge >= 0.3 is 17.8 Å². The topological polar surface area (TPSA) is 80.6 Å². The molecule has 0 saturated carbocycles. The molecule has 0 aliphatic carbocycles. The number of nitrogens with one attached hydrogen (secondary N) is 1. The molecule has 0 unspecified atom stereocenters. The van der Waals surface area contributed by atoms with E-state index in [4.69, 9.17) is 9.47 Å². The van der Waals surface area contributed by atoms with Crippen LogP contribution in [0.15, 0.2) is 18.2 Å². The first-order valence-corrected chi connectivity index (χ1v) is 10.9. The predicted molar refractivity (Wildman–Crippen MR) is 112 cm³/mol. The molecule has 8 heteroatoms. The third-order valence-corrected chi connectivity index (χ3v) is 5.53. The molecule has 2 fully saturated rings. The summed E-state index contributed by atoms with van der Waals surface area (Å²) in [4.78, 5) is 41.3. The third kappa shape index (κ3) is 4.75. The zero-order valence-electron chi connectivity index (χ0n) is 18.1.